The van der Waals surface area contributed by atoms with E-state index >= 15 is 0 Å². The van der Waals surface area contributed by atoms with Crippen molar-refractivity contribution in [1.29, 1.82) is 0 Å². The van der Waals surface area contributed by atoms with Gasteiger partial charge in [0.25, 0.3) is 0 Å². The van der Waals surface area contributed by atoms with E-state index in [9.17, 15) is 4.79 Å². The lowest BCUT2D eigenvalue weighted by Gasteiger charge is -2.15. The van der Waals surface area contributed by atoms with Crippen molar-refractivity contribution in [2.75, 3.05) is 0 Å². The van der Waals surface area contributed by atoms with Gasteiger partial charge in [-0.1, -0.05) is 28.1 Å². The van der Waals surface area contributed by atoms with Gasteiger partial charge in [0.1, 0.15) is 17.1 Å². The predicted molar refractivity (Wildman–Crippen MR) is 93.7 cm³/mol. The highest BCUT2D eigenvalue weighted by molar-refractivity contribution is 9.11. The van der Waals surface area contributed by atoms with Gasteiger partial charge in [0.2, 0.25) is 0 Å². The van der Waals surface area contributed by atoms with Crippen LogP contribution in [0.4, 0.5) is 0 Å². The maximum Gasteiger partial charge on any atom is 0.347 e. The molecular weight excluding hydrogens is 412 g/mol. The Morgan fingerprint density at radius 3 is 2.45 bits per heavy atom. The molecule has 5 heteroatoms. The quantitative estimate of drug-likeness (QED) is 0.475. The predicted octanol–water partition coefficient (Wildman–Crippen LogP) is 5.53. The molecule has 2 aromatic rings. The van der Waals surface area contributed by atoms with E-state index in [1.807, 2.05) is 39.0 Å². The SMILES string of the molecule is Cc1cc(Br)cc(Br)c1OC(=O)c1ccccc1OC(C)C. The highest BCUT2D eigenvalue weighted by atomic mass is 79.9. The fourth-order valence-corrected chi connectivity index (χ4v) is 3.48. The Labute approximate surface area is 146 Å². The average molecular weight is 428 g/mol. The lowest BCUT2D eigenvalue weighted by atomic mass is 10.2. The van der Waals surface area contributed by atoms with Crippen molar-refractivity contribution in [3.05, 3.63) is 56.5 Å². The minimum absolute atomic E-state index is 0.0184. The summed E-state index contributed by atoms with van der Waals surface area (Å²) in [6.07, 6.45) is -0.0184. The molecule has 0 unspecified atom stereocenters. The van der Waals surface area contributed by atoms with E-state index in [-0.39, 0.29) is 6.10 Å². The zero-order valence-electron chi connectivity index (χ0n) is 12.5. The number of carbonyl (C=O) groups is 1. The normalized spacial score (nSPS) is 10.6. The molecule has 0 fully saturated rings. The lowest BCUT2D eigenvalue weighted by Crippen LogP contribution is -2.14. The molecule has 2 rings (SSSR count). The molecule has 0 aliphatic rings. The zero-order chi connectivity index (χ0) is 16.3. The van der Waals surface area contributed by atoms with Crippen molar-refractivity contribution in [3.63, 3.8) is 0 Å². The first-order valence-corrected chi connectivity index (χ1v) is 8.40. The molecule has 0 heterocycles. The molecule has 116 valence electrons. The monoisotopic (exact) mass is 426 g/mol. The van der Waals surface area contributed by atoms with Crippen molar-refractivity contribution in [2.45, 2.75) is 26.9 Å². The lowest BCUT2D eigenvalue weighted by molar-refractivity contribution is 0.0726. The highest BCUT2D eigenvalue weighted by Crippen LogP contribution is 2.33. The Morgan fingerprint density at radius 1 is 1.14 bits per heavy atom. The van der Waals surface area contributed by atoms with Crippen LogP contribution in [0.2, 0.25) is 0 Å². The van der Waals surface area contributed by atoms with E-state index in [0.717, 1.165) is 14.5 Å². The van der Waals surface area contributed by atoms with Crippen LogP contribution in [0, 0.1) is 6.92 Å². The Kier molecular flexibility index (Phi) is 5.64. The zero-order valence-corrected chi connectivity index (χ0v) is 15.7. The van der Waals surface area contributed by atoms with E-state index in [2.05, 4.69) is 31.9 Å². The van der Waals surface area contributed by atoms with Crippen LogP contribution in [-0.4, -0.2) is 12.1 Å². The number of ether oxygens (including phenoxy) is 2. The number of hydrogen-bond acceptors (Lipinski definition) is 3. The third-order valence-electron chi connectivity index (χ3n) is 2.86. The van der Waals surface area contributed by atoms with Crippen LogP contribution in [-0.2, 0) is 0 Å². The molecule has 0 saturated carbocycles. The number of esters is 1. The number of halogens is 2. The fourth-order valence-electron chi connectivity index (χ4n) is 1.96. The molecule has 0 N–H and O–H groups in total. The van der Waals surface area contributed by atoms with Gasteiger partial charge in [-0.05, 0) is 66.5 Å². The third-order valence-corrected chi connectivity index (χ3v) is 3.91. The molecule has 0 saturated heterocycles. The van der Waals surface area contributed by atoms with E-state index in [4.69, 9.17) is 9.47 Å². The highest BCUT2D eigenvalue weighted by Gasteiger charge is 2.18. The minimum atomic E-state index is -0.442. The van der Waals surface area contributed by atoms with Crippen LogP contribution in [0.15, 0.2) is 45.3 Å². The van der Waals surface area contributed by atoms with Crippen molar-refractivity contribution < 1.29 is 14.3 Å². The molecular formula is C17H16Br2O3. The van der Waals surface area contributed by atoms with Gasteiger partial charge in [-0.15, -0.1) is 0 Å². The fraction of sp³-hybridized carbons (Fsp3) is 0.235. The molecule has 0 radical (unpaired) electrons. The summed E-state index contributed by atoms with van der Waals surface area (Å²) in [6, 6.07) is 10.8. The molecule has 0 aliphatic heterocycles. The standard InChI is InChI=1S/C17H16Br2O3/c1-10(2)21-15-7-5-4-6-13(15)17(20)22-16-11(3)8-12(18)9-14(16)19/h4-10H,1-3H3. The van der Waals surface area contributed by atoms with Gasteiger partial charge in [-0.25, -0.2) is 4.79 Å². The smallest absolute Gasteiger partial charge is 0.347 e. The Hall–Kier alpha value is -1.33. The molecule has 22 heavy (non-hydrogen) atoms. The summed E-state index contributed by atoms with van der Waals surface area (Å²) in [5, 5.41) is 0. The first-order valence-electron chi connectivity index (χ1n) is 6.82. The van der Waals surface area contributed by atoms with E-state index < -0.39 is 5.97 Å². The maximum atomic E-state index is 12.5. The molecule has 2 aromatic carbocycles. The number of aryl methyl sites for hydroxylation is 1. The van der Waals surface area contributed by atoms with Crippen LogP contribution < -0.4 is 9.47 Å². The second-order valence-corrected chi connectivity index (χ2v) is 6.86. The minimum Gasteiger partial charge on any atom is -0.490 e. The van der Waals surface area contributed by atoms with Gasteiger partial charge >= 0.3 is 5.97 Å². The summed E-state index contributed by atoms with van der Waals surface area (Å²) in [4.78, 5) is 12.5. The first-order chi connectivity index (χ1) is 10.4. The number of rotatable bonds is 4. The van der Waals surface area contributed by atoms with Crippen LogP contribution in [0.1, 0.15) is 29.8 Å². The first kappa shape index (κ1) is 17.0. The van der Waals surface area contributed by atoms with Crippen LogP contribution in [0.25, 0.3) is 0 Å². The van der Waals surface area contributed by atoms with Crippen molar-refractivity contribution in [1.82, 2.24) is 0 Å². The van der Waals surface area contributed by atoms with Crippen LogP contribution in [0.3, 0.4) is 0 Å². The Bertz CT molecular complexity index is 673. The van der Waals surface area contributed by atoms with Crippen molar-refractivity contribution >= 4 is 37.8 Å². The van der Waals surface area contributed by atoms with E-state index in [0.29, 0.717) is 17.1 Å². The molecule has 0 bridgehead atoms. The Balaban J connectivity index is 2.31. The summed E-state index contributed by atoms with van der Waals surface area (Å²) < 4.78 is 12.9. The van der Waals surface area contributed by atoms with E-state index in [1.165, 1.54) is 0 Å². The molecule has 0 aliphatic carbocycles. The summed E-state index contributed by atoms with van der Waals surface area (Å²) in [7, 11) is 0. The number of hydrogen-bond donors (Lipinski definition) is 0. The van der Waals surface area contributed by atoms with Crippen molar-refractivity contribution in [3.8, 4) is 11.5 Å². The summed E-state index contributed by atoms with van der Waals surface area (Å²) >= 11 is 6.83. The third kappa shape index (κ3) is 4.11. The van der Waals surface area contributed by atoms with Crippen LogP contribution >= 0.6 is 31.9 Å². The van der Waals surface area contributed by atoms with Gasteiger partial charge in [-0.3, -0.25) is 0 Å². The van der Waals surface area contributed by atoms with Gasteiger partial charge in [-0.2, -0.15) is 0 Å². The largest absolute Gasteiger partial charge is 0.490 e. The molecule has 0 spiro atoms. The summed E-state index contributed by atoms with van der Waals surface area (Å²) in [5.74, 6) is 0.586. The Morgan fingerprint density at radius 2 is 1.82 bits per heavy atom. The summed E-state index contributed by atoms with van der Waals surface area (Å²) in [6.45, 7) is 5.71. The second kappa shape index (κ2) is 7.29. The molecule has 0 atom stereocenters. The van der Waals surface area contributed by atoms with Crippen LogP contribution in [0.5, 0.6) is 11.5 Å². The number of para-hydroxylation sites is 1. The second-order valence-electron chi connectivity index (χ2n) is 5.09. The molecule has 3 nitrogen and oxygen atoms in total. The van der Waals surface area contributed by atoms with Gasteiger partial charge in [0.05, 0.1) is 10.6 Å². The topological polar surface area (TPSA) is 35.5 Å². The number of benzene rings is 2. The van der Waals surface area contributed by atoms with Gasteiger partial charge in [0, 0.05) is 4.47 Å². The average Bonchev–Trinajstić information content (AvgIpc) is 2.42. The van der Waals surface area contributed by atoms with Gasteiger partial charge in [0.15, 0.2) is 0 Å². The van der Waals surface area contributed by atoms with Crippen molar-refractivity contribution in [2.24, 2.45) is 0 Å². The van der Waals surface area contributed by atoms with Gasteiger partial charge < -0.3 is 9.47 Å². The maximum absolute atomic E-state index is 12.5. The number of carbonyl (C=O) groups excluding carboxylic acids is 1. The summed E-state index contributed by atoms with van der Waals surface area (Å²) in [5.41, 5.74) is 1.27. The molecule has 0 aromatic heterocycles. The van der Waals surface area contributed by atoms with E-state index in [1.54, 1.807) is 18.2 Å². The molecule has 0 amide bonds.